The average molecular weight is 426 g/mol. The van der Waals surface area contributed by atoms with E-state index in [1.165, 1.54) is 6.33 Å². The Hall–Kier alpha value is -3.82. The molecule has 0 saturated carbocycles. The molecule has 7 nitrogen and oxygen atoms in total. The number of amides is 1. The summed E-state index contributed by atoms with van der Waals surface area (Å²) in [7, 11) is 0. The summed E-state index contributed by atoms with van der Waals surface area (Å²) in [6.07, 6.45) is 1.95. The van der Waals surface area contributed by atoms with Crippen LogP contribution >= 0.6 is 0 Å². The number of hydrogen-bond donors (Lipinski definition) is 2. The quantitative estimate of drug-likeness (QED) is 0.493. The van der Waals surface area contributed by atoms with Crippen LogP contribution in [0.2, 0.25) is 0 Å². The van der Waals surface area contributed by atoms with Crippen LogP contribution in [-0.4, -0.2) is 43.5 Å². The van der Waals surface area contributed by atoms with Gasteiger partial charge in [-0.3, -0.25) is 4.79 Å². The lowest BCUT2D eigenvalue weighted by molar-refractivity contribution is -0.139. The van der Waals surface area contributed by atoms with Crippen molar-refractivity contribution in [2.45, 2.75) is 18.5 Å². The SMILES string of the molecule is O=C(NCC(F)(F)F)C(Cc1ccnc(-c2c[nH]c3ncncc23)n1)c1ccccc1. The molecule has 10 heteroatoms. The maximum absolute atomic E-state index is 12.6. The molecule has 3 aromatic heterocycles. The minimum Gasteiger partial charge on any atom is -0.346 e. The number of fused-ring (bicyclic) bond motifs is 1. The Bertz CT molecular complexity index is 1190. The monoisotopic (exact) mass is 426 g/mol. The normalized spacial score (nSPS) is 12.6. The van der Waals surface area contributed by atoms with Crippen molar-refractivity contribution in [2.75, 3.05) is 6.54 Å². The van der Waals surface area contributed by atoms with Gasteiger partial charge in [-0.25, -0.2) is 19.9 Å². The number of halogens is 3. The third-order valence-corrected chi connectivity index (χ3v) is 4.70. The Balaban J connectivity index is 1.63. The number of nitrogens with one attached hydrogen (secondary N) is 2. The topological polar surface area (TPSA) is 96.5 Å². The first-order valence-electron chi connectivity index (χ1n) is 9.39. The molecule has 0 aliphatic rings. The molecule has 0 aliphatic heterocycles. The number of aromatic amines is 1. The van der Waals surface area contributed by atoms with E-state index in [1.807, 2.05) is 5.32 Å². The first-order chi connectivity index (χ1) is 14.9. The first-order valence-corrected chi connectivity index (χ1v) is 9.39. The summed E-state index contributed by atoms with van der Waals surface area (Å²) in [4.78, 5) is 32.6. The van der Waals surface area contributed by atoms with Gasteiger partial charge in [-0.05, 0) is 11.6 Å². The molecule has 0 fully saturated rings. The molecule has 0 aliphatic carbocycles. The minimum atomic E-state index is -4.49. The lowest BCUT2D eigenvalue weighted by Crippen LogP contribution is -2.37. The molecule has 0 radical (unpaired) electrons. The highest BCUT2D eigenvalue weighted by Crippen LogP contribution is 2.26. The Morgan fingerprint density at radius 1 is 1.13 bits per heavy atom. The van der Waals surface area contributed by atoms with E-state index in [0.717, 1.165) is 5.39 Å². The fraction of sp³-hybridized carbons (Fsp3) is 0.190. The van der Waals surface area contributed by atoms with Crippen molar-refractivity contribution in [3.63, 3.8) is 0 Å². The molecule has 1 amide bonds. The zero-order chi connectivity index (χ0) is 21.8. The summed E-state index contributed by atoms with van der Waals surface area (Å²) in [6.45, 7) is -1.39. The van der Waals surface area contributed by atoms with E-state index >= 15 is 0 Å². The fourth-order valence-corrected chi connectivity index (χ4v) is 3.25. The molecule has 0 bridgehead atoms. The predicted molar refractivity (Wildman–Crippen MR) is 107 cm³/mol. The molecule has 1 aromatic carbocycles. The third kappa shape index (κ3) is 4.85. The van der Waals surface area contributed by atoms with Gasteiger partial charge in [0.15, 0.2) is 5.82 Å². The van der Waals surface area contributed by atoms with Gasteiger partial charge >= 0.3 is 6.18 Å². The van der Waals surface area contributed by atoms with Crippen LogP contribution in [0.5, 0.6) is 0 Å². The molecular weight excluding hydrogens is 409 g/mol. The van der Waals surface area contributed by atoms with Gasteiger partial charge in [-0.2, -0.15) is 13.2 Å². The number of nitrogens with zero attached hydrogens (tertiary/aromatic N) is 4. The summed E-state index contributed by atoms with van der Waals surface area (Å²) < 4.78 is 37.8. The number of alkyl halides is 3. The zero-order valence-corrected chi connectivity index (χ0v) is 16.1. The smallest absolute Gasteiger partial charge is 0.346 e. The van der Waals surface area contributed by atoms with Crippen molar-refractivity contribution < 1.29 is 18.0 Å². The van der Waals surface area contributed by atoms with E-state index in [-0.39, 0.29) is 6.42 Å². The Kier molecular flexibility index (Phi) is 5.61. The molecule has 31 heavy (non-hydrogen) atoms. The van der Waals surface area contributed by atoms with Crippen LogP contribution in [0.1, 0.15) is 17.2 Å². The van der Waals surface area contributed by atoms with Crippen molar-refractivity contribution in [3.8, 4) is 11.4 Å². The third-order valence-electron chi connectivity index (χ3n) is 4.70. The highest BCUT2D eigenvalue weighted by Gasteiger charge is 2.30. The van der Waals surface area contributed by atoms with Gasteiger partial charge < -0.3 is 10.3 Å². The molecule has 158 valence electrons. The van der Waals surface area contributed by atoms with E-state index in [9.17, 15) is 18.0 Å². The molecular formula is C21H17F3N6O. The van der Waals surface area contributed by atoms with Gasteiger partial charge in [0.1, 0.15) is 18.5 Å². The van der Waals surface area contributed by atoms with Gasteiger partial charge in [0.25, 0.3) is 0 Å². The van der Waals surface area contributed by atoms with Crippen LogP contribution in [0, 0.1) is 0 Å². The molecule has 2 N–H and O–H groups in total. The Morgan fingerprint density at radius 3 is 2.71 bits per heavy atom. The summed E-state index contributed by atoms with van der Waals surface area (Å²) in [5, 5.41) is 2.72. The van der Waals surface area contributed by atoms with Crippen LogP contribution in [-0.2, 0) is 11.2 Å². The van der Waals surface area contributed by atoms with Crippen LogP contribution in [0.4, 0.5) is 13.2 Å². The minimum absolute atomic E-state index is 0.113. The van der Waals surface area contributed by atoms with Crippen LogP contribution < -0.4 is 5.32 Å². The van der Waals surface area contributed by atoms with Gasteiger partial charge in [0, 0.05) is 41.7 Å². The number of aromatic nitrogens is 5. The lowest BCUT2D eigenvalue weighted by Gasteiger charge is -2.18. The lowest BCUT2D eigenvalue weighted by atomic mass is 9.93. The van der Waals surface area contributed by atoms with Gasteiger partial charge in [-0.15, -0.1) is 0 Å². The van der Waals surface area contributed by atoms with Crippen LogP contribution in [0.25, 0.3) is 22.4 Å². The molecule has 1 unspecified atom stereocenters. The summed E-state index contributed by atoms with van der Waals surface area (Å²) in [5.74, 6) is -1.15. The highest BCUT2D eigenvalue weighted by atomic mass is 19.4. The molecule has 4 aromatic rings. The van der Waals surface area contributed by atoms with Crippen LogP contribution in [0.3, 0.4) is 0 Å². The standard InChI is InChI=1S/C21H17F3N6O/c22-21(23,24)11-28-20(31)15(13-4-2-1-3-5-13)8-14-6-7-26-19(30-14)17-10-27-18-16(17)9-25-12-29-18/h1-7,9-10,12,15H,8,11H2,(H,28,31)(H,25,27,29). The number of hydrogen-bond acceptors (Lipinski definition) is 5. The molecule has 0 spiro atoms. The van der Waals surface area contributed by atoms with Crippen molar-refractivity contribution in [3.05, 3.63) is 72.6 Å². The van der Waals surface area contributed by atoms with Gasteiger partial charge in [0.05, 0.1) is 5.92 Å². The van der Waals surface area contributed by atoms with Crippen LogP contribution in [0.15, 0.2) is 61.3 Å². The molecule has 4 rings (SSSR count). The van der Waals surface area contributed by atoms with E-state index in [1.54, 1.807) is 55.0 Å². The maximum Gasteiger partial charge on any atom is 0.405 e. The maximum atomic E-state index is 12.6. The predicted octanol–water partition coefficient (Wildman–Crippen LogP) is 3.42. The van der Waals surface area contributed by atoms with E-state index < -0.39 is 24.5 Å². The number of carbonyl (C=O) groups is 1. The fourth-order valence-electron chi connectivity index (χ4n) is 3.25. The summed E-state index contributed by atoms with van der Waals surface area (Å²) in [5.41, 5.74) is 2.44. The van der Waals surface area contributed by atoms with E-state index in [2.05, 4.69) is 24.9 Å². The number of carbonyl (C=O) groups excluding carboxylic acids is 1. The zero-order valence-electron chi connectivity index (χ0n) is 16.1. The van der Waals surface area contributed by atoms with Crippen molar-refractivity contribution in [1.29, 1.82) is 0 Å². The second-order valence-electron chi connectivity index (χ2n) is 6.86. The average Bonchev–Trinajstić information content (AvgIpc) is 3.20. The molecule has 3 heterocycles. The van der Waals surface area contributed by atoms with Gasteiger partial charge in [0.2, 0.25) is 5.91 Å². The second-order valence-corrected chi connectivity index (χ2v) is 6.86. The number of H-pyrrole nitrogens is 1. The summed E-state index contributed by atoms with van der Waals surface area (Å²) in [6, 6.07) is 10.3. The molecule has 0 saturated heterocycles. The summed E-state index contributed by atoms with van der Waals surface area (Å²) >= 11 is 0. The first kappa shape index (κ1) is 20.5. The van der Waals surface area contributed by atoms with E-state index in [4.69, 9.17) is 0 Å². The largest absolute Gasteiger partial charge is 0.405 e. The highest BCUT2D eigenvalue weighted by molar-refractivity contribution is 5.90. The number of benzene rings is 1. The molecule has 1 atom stereocenters. The van der Waals surface area contributed by atoms with Gasteiger partial charge in [-0.1, -0.05) is 30.3 Å². The van der Waals surface area contributed by atoms with E-state index in [0.29, 0.717) is 28.3 Å². The van der Waals surface area contributed by atoms with Crippen molar-refractivity contribution >= 4 is 16.9 Å². The van der Waals surface area contributed by atoms with Crippen molar-refractivity contribution in [2.24, 2.45) is 0 Å². The number of rotatable bonds is 6. The Morgan fingerprint density at radius 2 is 1.94 bits per heavy atom. The van der Waals surface area contributed by atoms with Crippen molar-refractivity contribution in [1.82, 2.24) is 30.2 Å². The Labute approximate surface area is 174 Å². The second kappa shape index (κ2) is 8.50.